The van der Waals surface area contributed by atoms with Gasteiger partial charge in [-0.15, -0.1) is 0 Å². The molecule has 3 rings (SSSR count). The van der Waals surface area contributed by atoms with Gasteiger partial charge < -0.3 is 10.1 Å². The zero-order chi connectivity index (χ0) is 17.6. The molecule has 0 spiro atoms. The van der Waals surface area contributed by atoms with Crippen LogP contribution in [-0.4, -0.2) is 59.0 Å². The summed E-state index contributed by atoms with van der Waals surface area (Å²) in [6.07, 6.45) is 6.85. The molecule has 1 aromatic rings. The van der Waals surface area contributed by atoms with Gasteiger partial charge in [-0.05, 0) is 32.8 Å². The van der Waals surface area contributed by atoms with Crippen molar-refractivity contribution in [1.29, 1.82) is 0 Å². The van der Waals surface area contributed by atoms with Crippen LogP contribution < -0.4 is 5.32 Å². The Morgan fingerprint density at radius 1 is 1.32 bits per heavy atom. The van der Waals surface area contributed by atoms with Gasteiger partial charge in [0.15, 0.2) is 0 Å². The quantitative estimate of drug-likeness (QED) is 0.855. The first kappa shape index (κ1) is 18.4. The fourth-order valence-electron chi connectivity index (χ4n) is 3.95. The number of amides is 1. The smallest absolute Gasteiger partial charge is 0.221 e. The molecule has 1 saturated heterocycles. The van der Waals surface area contributed by atoms with E-state index >= 15 is 0 Å². The highest BCUT2D eigenvalue weighted by molar-refractivity contribution is 5.76. The van der Waals surface area contributed by atoms with E-state index in [1.807, 2.05) is 11.6 Å². The van der Waals surface area contributed by atoms with E-state index in [9.17, 15) is 4.79 Å². The zero-order valence-corrected chi connectivity index (χ0v) is 15.7. The highest BCUT2D eigenvalue weighted by Crippen LogP contribution is 2.17. The number of carbonyl (C=O) groups excluding carboxylic acids is 1. The molecule has 0 radical (unpaired) electrons. The number of carbonyl (C=O) groups is 1. The number of morpholine rings is 1. The number of nitrogens with one attached hydrogen (secondary N) is 1. The van der Waals surface area contributed by atoms with Crippen LogP contribution in [0.15, 0.2) is 6.07 Å². The maximum Gasteiger partial charge on any atom is 0.221 e. The van der Waals surface area contributed by atoms with Crippen molar-refractivity contribution < 1.29 is 9.53 Å². The predicted octanol–water partition coefficient (Wildman–Crippen LogP) is 2.04. The van der Waals surface area contributed by atoms with Crippen LogP contribution in [0.4, 0.5) is 0 Å². The molecular weight excluding hydrogens is 316 g/mol. The third kappa shape index (κ3) is 5.54. The Kier molecular flexibility index (Phi) is 6.48. The van der Waals surface area contributed by atoms with Crippen molar-refractivity contribution in [3.63, 3.8) is 0 Å². The zero-order valence-electron chi connectivity index (χ0n) is 15.7. The number of hydrogen-bond donors (Lipinski definition) is 1. The molecule has 6 nitrogen and oxygen atoms in total. The Morgan fingerprint density at radius 2 is 2.12 bits per heavy atom. The molecule has 6 heteroatoms. The van der Waals surface area contributed by atoms with Crippen molar-refractivity contribution in [2.45, 2.75) is 71.1 Å². The number of ether oxygens (including phenoxy) is 1. The topological polar surface area (TPSA) is 59.4 Å². The van der Waals surface area contributed by atoms with E-state index in [2.05, 4.69) is 28.3 Å². The summed E-state index contributed by atoms with van der Waals surface area (Å²) in [5.41, 5.74) is 2.22. The Hall–Kier alpha value is -1.40. The summed E-state index contributed by atoms with van der Waals surface area (Å²) in [7, 11) is 0. The number of rotatable bonds is 6. The second kappa shape index (κ2) is 8.81. The molecule has 1 aliphatic carbocycles. The average Bonchev–Trinajstić information content (AvgIpc) is 2.91. The Morgan fingerprint density at radius 3 is 2.84 bits per heavy atom. The van der Waals surface area contributed by atoms with Crippen LogP contribution in [0.5, 0.6) is 0 Å². The van der Waals surface area contributed by atoms with E-state index < -0.39 is 0 Å². The summed E-state index contributed by atoms with van der Waals surface area (Å²) >= 11 is 0. The van der Waals surface area contributed by atoms with Gasteiger partial charge in [-0.2, -0.15) is 5.10 Å². The molecule has 1 amide bonds. The van der Waals surface area contributed by atoms with Crippen LogP contribution in [0.1, 0.15) is 49.9 Å². The van der Waals surface area contributed by atoms with E-state index in [-0.39, 0.29) is 12.0 Å². The van der Waals surface area contributed by atoms with Gasteiger partial charge in [0.2, 0.25) is 5.91 Å². The molecule has 0 aromatic carbocycles. The largest absolute Gasteiger partial charge is 0.374 e. The first-order valence-corrected chi connectivity index (χ1v) is 9.74. The molecule has 1 saturated carbocycles. The molecule has 0 bridgehead atoms. The summed E-state index contributed by atoms with van der Waals surface area (Å²) in [5.74, 6) is 0.202. The molecule has 0 unspecified atom stereocenters. The van der Waals surface area contributed by atoms with E-state index in [1.165, 1.54) is 25.0 Å². The van der Waals surface area contributed by atoms with Crippen molar-refractivity contribution in [3.8, 4) is 0 Å². The van der Waals surface area contributed by atoms with E-state index in [1.54, 1.807) is 0 Å². The minimum Gasteiger partial charge on any atom is -0.374 e. The Labute approximate surface area is 150 Å². The summed E-state index contributed by atoms with van der Waals surface area (Å²) in [6.45, 7) is 8.20. The standard InChI is InChI=1S/C19H32N4O2/c1-15-12-16(2)23(21-15)14-18-13-22(10-11-25-18)9-8-19(24)20-17-6-4-3-5-7-17/h12,17-18H,3-11,13-14H2,1-2H3,(H,20,24)/t18-/m1/s1. The molecule has 2 aliphatic rings. The molecule has 2 heterocycles. The molecule has 2 fully saturated rings. The highest BCUT2D eigenvalue weighted by Gasteiger charge is 2.23. The lowest BCUT2D eigenvalue weighted by atomic mass is 9.95. The minimum atomic E-state index is 0.146. The van der Waals surface area contributed by atoms with Gasteiger partial charge in [-0.25, -0.2) is 0 Å². The first-order chi connectivity index (χ1) is 12.1. The number of hydrogen-bond acceptors (Lipinski definition) is 4. The number of aromatic nitrogens is 2. The molecule has 25 heavy (non-hydrogen) atoms. The maximum absolute atomic E-state index is 12.2. The SMILES string of the molecule is Cc1cc(C)n(C[C@H]2CN(CCC(=O)NC3CCCCC3)CCO2)n1. The summed E-state index contributed by atoms with van der Waals surface area (Å²) in [4.78, 5) is 14.5. The molecule has 1 N–H and O–H groups in total. The van der Waals surface area contributed by atoms with E-state index in [4.69, 9.17) is 4.74 Å². The van der Waals surface area contributed by atoms with Gasteiger partial charge in [0, 0.05) is 37.8 Å². The Bertz CT molecular complexity index is 566. The van der Waals surface area contributed by atoms with Crippen molar-refractivity contribution in [2.75, 3.05) is 26.2 Å². The van der Waals surface area contributed by atoms with Crippen molar-refractivity contribution >= 4 is 5.91 Å². The van der Waals surface area contributed by atoms with Crippen LogP contribution >= 0.6 is 0 Å². The third-order valence-electron chi connectivity index (χ3n) is 5.33. The van der Waals surface area contributed by atoms with Crippen LogP contribution in [0, 0.1) is 13.8 Å². The monoisotopic (exact) mass is 348 g/mol. The highest BCUT2D eigenvalue weighted by atomic mass is 16.5. The fourth-order valence-corrected chi connectivity index (χ4v) is 3.95. The normalized spacial score (nSPS) is 22.9. The minimum absolute atomic E-state index is 0.146. The molecule has 1 atom stereocenters. The third-order valence-corrected chi connectivity index (χ3v) is 5.33. The Balaban J connectivity index is 1.40. The lowest BCUT2D eigenvalue weighted by molar-refractivity contribution is -0.122. The van der Waals surface area contributed by atoms with Gasteiger partial charge in [0.05, 0.1) is 24.9 Å². The predicted molar refractivity (Wildman–Crippen MR) is 97.5 cm³/mol. The summed E-state index contributed by atoms with van der Waals surface area (Å²) < 4.78 is 7.93. The van der Waals surface area contributed by atoms with Crippen LogP contribution in [0.2, 0.25) is 0 Å². The fraction of sp³-hybridized carbons (Fsp3) is 0.789. The van der Waals surface area contributed by atoms with E-state index in [0.29, 0.717) is 12.5 Å². The van der Waals surface area contributed by atoms with Gasteiger partial charge in [0.25, 0.3) is 0 Å². The second-order valence-corrected chi connectivity index (χ2v) is 7.56. The molecular formula is C19H32N4O2. The first-order valence-electron chi connectivity index (χ1n) is 9.74. The van der Waals surface area contributed by atoms with E-state index in [0.717, 1.165) is 51.3 Å². The van der Waals surface area contributed by atoms with Crippen LogP contribution in [0.3, 0.4) is 0 Å². The number of nitrogens with zero attached hydrogens (tertiary/aromatic N) is 3. The molecule has 140 valence electrons. The molecule has 1 aliphatic heterocycles. The van der Waals surface area contributed by atoms with Gasteiger partial charge in [-0.1, -0.05) is 19.3 Å². The lowest BCUT2D eigenvalue weighted by Crippen LogP contribution is -2.46. The average molecular weight is 348 g/mol. The van der Waals surface area contributed by atoms with Gasteiger partial charge >= 0.3 is 0 Å². The van der Waals surface area contributed by atoms with Gasteiger partial charge in [-0.3, -0.25) is 14.4 Å². The summed E-state index contributed by atoms with van der Waals surface area (Å²) in [6, 6.07) is 2.50. The van der Waals surface area contributed by atoms with Crippen molar-refractivity contribution in [1.82, 2.24) is 20.0 Å². The van der Waals surface area contributed by atoms with Crippen molar-refractivity contribution in [3.05, 3.63) is 17.5 Å². The van der Waals surface area contributed by atoms with Gasteiger partial charge in [0.1, 0.15) is 0 Å². The molecule has 1 aromatic heterocycles. The summed E-state index contributed by atoms with van der Waals surface area (Å²) in [5, 5.41) is 7.73. The van der Waals surface area contributed by atoms with Crippen LogP contribution in [-0.2, 0) is 16.1 Å². The van der Waals surface area contributed by atoms with Crippen LogP contribution in [0.25, 0.3) is 0 Å². The van der Waals surface area contributed by atoms with Crippen molar-refractivity contribution in [2.24, 2.45) is 0 Å². The number of aryl methyl sites for hydroxylation is 2. The lowest BCUT2D eigenvalue weighted by Gasteiger charge is -2.33. The second-order valence-electron chi connectivity index (χ2n) is 7.56. The maximum atomic E-state index is 12.2.